The molecule has 3 N–H and O–H groups in total. The molecule has 0 saturated heterocycles. The Balaban J connectivity index is 0.00000450. The first-order valence-electron chi connectivity index (χ1n) is 9.08. The van der Waals surface area contributed by atoms with Crippen molar-refractivity contribution in [2.75, 3.05) is 19.6 Å². The van der Waals surface area contributed by atoms with Gasteiger partial charge in [-0.3, -0.25) is 4.99 Å². The molecule has 2 rings (SSSR count). The van der Waals surface area contributed by atoms with E-state index < -0.39 is 24.3 Å². The summed E-state index contributed by atoms with van der Waals surface area (Å²) >= 11 is 0. The zero-order chi connectivity index (χ0) is 21.2. The molecule has 0 saturated carbocycles. The van der Waals surface area contributed by atoms with Crippen molar-refractivity contribution in [2.45, 2.75) is 26.1 Å². The number of alkyl halides is 2. The minimum Gasteiger partial charge on any atom is -0.435 e. The number of halogens is 5. The Bertz CT molecular complexity index is 807. The van der Waals surface area contributed by atoms with Gasteiger partial charge in [-0.05, 0) is 42.7 Å². The molecule has 10 heteroatoms. The van der Waals surface area contributed by atoms with Gasteiger partial charge in [0.15, 0.2) is 5.96 Å². The highest BCUT2D eigenvalue weighted by Crippen LogP contribution is 2.19. The molecule has 166 valence electrons. The van der Waals surface area contributed by atoms with Crippen molar-refractivity contribution in [3.63, 3.8) is 0 Å². The molecule has 0 bridgehead atoms. The second-order valence-electron chi connectivity index (χ2n) is 6.10. The average Bonchev–Trinajstić information content (AvgIpc) is 2.67. The van der Waals surface area contributed by atoms with Crippen molar-refractivity contribution >= 4 is 29.9 Å². The Morgan fingerprint density at radius 3 is 2.40 bits per heavy atom. The zero-order valence-electron chi connectivity index (χ0n) is 16.2. The van der Waals surface area contributed by atoms with Gasteiger partial charge in [-0.25, -0.2) is 8.78 Å². The molecule has 0 fully saturated rings. The summed E-state index contributed by atoms with van der Waals surface area (Å²) in [6.07, 6.45) is -0.620. The quantitative estimate of drug-likeness (QED) is 0.194. The van der Waals surface area contributed by atoms with Gasteiger partial charge in [0.25, 0.3) is 0 Å². The number of hydrogen-bond acceptors (Lipinski definition) is 3. The topological polar surface area (TPSA) is 65.9 Å². The molecule has 1 atom stereocenters. The number of aliphatic imine (C=N–C) groups is 1. The SMILES string of the molecule is CCNC(=NCC(O)c1ccc(OC(F)F)cc1)NCCc1ccc(F)cc1F.I. The molecule has 1 unspecified atom stereocenters. The molecule has 0 aliphatic rings. The van der Waals surface area contributed by atoms with Gasteiger partial charge in [-0.1, -0.05) is 18.2 Å². The molecular formula is C20H24F4IN3O2. The number of rotatable bonds is 9. The van der Waals surface area contributed by atoms with Crippen LogP contribution in [0.25, 0.3) is 0 Å². The van der Waals surface area contributed by atoms with E-state index in [1.54, 1.807) is 0 Å². The van der Waals surface area contributed by atoms with Crippen molar-refractivity contribution < 1.29 is 27.4 Å². The minimum atomic E-state index is -2.91. The van der Waals surface area contributed by atoms with E-state index in [1.165, 1.54) is 36.4 Å². The number of guanidine groups is 1. The molecule has 5 nitrogen and oxygen atoms in total. The van der Waals surface area contributed by atoms with Crippen molar-refractivity contribution in [2.24, 2.45) is 4.99 Å². The third-order valence-corrected chi connectivity index (χ3v) is 3.96. The van der Waals surface area contributed by atoms with Crippen LogP contribution in [0.3, 0.4) is 0 Å². The summed E-state index contributed by atoms with van der Waals surface area (Å²) in [4.78, 5) is 4.27. The van der Waals surface area contributed by atoms with Crippen LogP contribution in [0.15, 0.2) is 47.5 Å². The predicted molar refractivity (Wildman–Crippen MR) is 117 cm³/mol. The number of ether oxygens (including phenoxy) is 1. The maximum Gasteiger partial charge on any atom is 0.387 e. The maximum atomic E-state index is 13.7. The Labute approximate surface area is 189 Å². The monoisotopic (exact) mass is 541 g/mol. The highest BCUT2D eigenvalue weighted by atomic mass is 127. The van der Waals surface area contributed by atoms with Crippen molar-refractivity contribution in [3.05, 3.63) is 65.2 Å². The average molecular weight is 541 g/mol. The van der Waals surface area contributed by atoms with Gasteiger partial charge in [0.05, 0.1) is 12.6 Å². The summed E-state index contributed by atoms with van der Waals surface area (Å²) in [5.74, 6) is -0.811. The summed E-state index contributed by atoms with van der Waals surface area (Å²) in [7, 11) is 0. The molecule has 0 spiro atoms. The van der Waals surface area contributed by atoms with Gasteiger partial charge >= 0.3 is 6.61 Å². The van der Waals surface area contributed by atoms with Gasteiger partial charge in [-0.2, -0.15) is 8.78 Å². The van der Waals surface area contributed by atoms with Gasteiger partial charge in [0.1, 0.15) is 17.4 Å². The first kappa shape index (κ1) is 26.0. The van der Waals surface area contributed by atoms with Gasteiger partial charge in [0, 0.05) is 19.2 Å². The smallest absolute Gasteiger partial charge is 0.387 e. The third-order valence-electron chi connectivity index (χ3n) is 3.96. The predicted octanol–water partition coefficient (Wildman–Crippen LogP) is 4.02. The van der Waals surface area contributed by atoms with E-state index in [4.69, 9.17) is 0 Å². The minimum absolute atomic E-state index is 0. The molecule has 0 amide bonds. The summed E-state index contributed by atoms with van der Waals surface area (Å²) in [5.41, 5.74) is 0.875. The molecule has 0 aliphatic heterocycles. The third kappa shape index (κ3) is 8.74. The molecule has 0 aliphatic carbocycles. The Morgan fingerprint density at radius 1 is 1.10 bits per heavy atom. The standard InChI is InChI=1S/C20H23F4N3O2.HI/c1-2-25-20(26-10-9-13-3-6-15(21)11-17(13)22)27-12-18(28)14-4-7-16(8-5-14)29-19(23)24;/h3-8,11,18-19,28H,2,9-10,12H2,1H3,(H2,25,26,27);1H. The Morgan fingerprint density at radius 2 is 1.80 bits per heavy atom. The lowest BCUT2D eigenvalue weighted by atomic mass is 10.1. The van der Waals surface area contributed by atoms with E-state index in [0.29, 0.717) is 36.6 Å². The van der Waals surface area contributed by atoms with Crippen LogP contribution in [0.4, 0.5) is 17.6 Å². The van der Waals surface area contributed by atoms with E-state index in [2.05, 4.69) is 20.4 Å². The van der Waals surface area contributed by atoms with Gasteiger partial charge < -0.3 is 20.5 Å². The van der Waals surface area contributed by atoms with Crippen LogP contribution in [0, 0.1) is 11.6 Å². The summed E-state index contributed by atoms with van der Waals surface area (Å²) in [6, 6.07) is 9.07. The van der Waals surface area contributed by atoms with Crippen LogP contribution < -0.4 is 15.4 Å². The van der Waals surface area contributed by atoms with E-state index >= 15 is 0 Å². The first-order chi connectivity index (χ1) is 13.9. The lowest BCUT2D eigenvalue weighted by Crippen LogP contribution is -2.38. The van der Waals surface area contributed by atoms with E-state index in [0.717, 1.165) is 6.07 Å². The zero-order valence-corrected chi connectivity index (χ0v) is 18.6. The van der Waals surface area contributed by atoms with Gasteiger partial charge in [-0.15, -0.1) is 24.0 Å². The van der Waals surface area contributed by atoms with Crippen LogP contribution in [0.1, 0.15) is 24.2 Å². The van der Waals surface area contributed by atoms with Crippen molar-refractivity contribution in [1.29, 1.82) is 0 Å². The molecule has 2 aromatic rings. The first-order valence-corrected chi connectivity index (χ1v) is 9.08. The molecular weight excluding hydrogens is 517 g/mol. The Hall–Kier alpha value is -2.08. The lowest BCUT2D eigenvalue weighted by Gasteiger charge is -2.14. The van der Waals surface area contributed by atoms with Gasteiger partial charge in [0.2, 0.25) is 0 Å². The molecule has 0 heterocycles. The van der Waals surface area contributed by atoms with E-state index in [9.17, 15) is 22.7 Å². The fraction of sp³-hybridized carbons (Fsp3) is 0.350. The van der Waals surface area contributed by atoms with Crippen LogP contribution in [-0.4, -0.2) is 37.3 Å². The number of benzene rings is 2. The summed E-state index contributed by atoms with van der Waals surface area (Å²) in [5, 5.41) is 16.3. The highest BCUT2D eigenvalue weighted by Gasteiger charge is 2.10. The van der Waals surface area contributed by atoms with E-state index in [1.807, 2.05) is 6.92 Å². The molecule has 0 aromatic heterocycles. The molecule has 30 heavy (non-hydrogen) atoms. The maximum absolute atomic E-state index is 13.7. The van der Waals surface area contributed by atoms with Crippen LogP contribution >= 0.6 is 24.0 Å². The normalized spacial score (nSPS) is 12.3. The Kier molecular flexibility index (Phi) is 11.5. The summed E-state index contributed by atoms with van der Waals surface area (Å²) in [6.45, 7) is -0.0893. The second-order valence-corrected chi connectivity index (χ2v) is 6.10. The number of aliphatic hydroxyl groups is 1. The van der Waals surface area contributed by atoms with Crippen molar-refractivity contribution in [1.82, 2.24) is 10.6 Å². The van der Waals surface area contributed by atoms with Crippen molar-refractivity contribution in [3.8, 4) is 5.75 Å². The summed E-state index contributed by atoms with van der Waals surface area (Å²) < 4.78 is 55.2. The van der Waals surface area contributed by atoms with Crippen LogP contribution in [-0.2, 0) is 6.42 Å². The number of nitrogens with one attached hydrogen (secondary N) is 2. The van der Waals surface area contributed by atoms with E-state index in [-0.39, 0.29) is 36.3 Å². The number of nitrogens with zero attached hydrogens (tertiary/aromatic N) is 1. The van der Waals surface area contributed by atoms with Crippen LogP contribution in [0.5, 0.6) is 5.75 Å². The molecule has 2 aromatic carbocycles. The fourth-order valence-electron chi connectivity index (χ4n) is 2.54. The number of aliphatic hydroxyl groups excluding tert-OH is 1. The highest BCUT2D eigenvalue weighted by molar-refractivity contribution is 14.0. The van der Waals surface area contributed by atoms with Crippen LogP contribution in [0.2, 0.25) is 0 Å². The fourth-order valence-corrected chi connectivity index (χ4v) is 2.54. The molecule has 0 radical (unpaired) electrons. The second kappa shape index (κ2) is 13.3. The number of hydrogen-bond donors (Lipinski definition) is 3. The largest absolute Gasteiger partial charge is 0.435 e. The lowest BCUT2D eigenvalue weighted by molar-refractivity contribution is -0.0498.